The molecule has 4 aromatic rings. The number of thiocarbonyl (C=S) groups is 1. The molecule has 3 aromatic heterocycles. The monoisotopic (exact) mass is 334 g/mol. The van der Waals surface area contributed by atoms with Crippen LogP contribution in [0.15, 0.2) is 53.7 Å². The van der Waals surface area contributed by atoms with Crippen molar-refractivity contribution in [3.05, 3.63) is 70.5 Å². The Hall–Kier alpha value is -3.13. The average Bonchev–Trinajstić information content (AvgIpc) is 3.21. The lowest BCUT2D eigenvalue weighted by Crippen LogP contribution is -2.28. The van der Waals surface area contributed by atoms with E-state index in [0.29, 0.717) is 21.8 Å². The number of nitrogens with zero attached hydrogens (tertiary/aromatic N) is 5. The molecule has 1 aliphatic rings. The molecule has 0 fully saturated rings. The van der Waals surface area contributed by atoms with Gasteiger partial charge in [-0.2, -0.15) is 14.6 Å². The maximum absolute atomic E-state index is 12.9. The molecule has 1 aliphatic heterocycles. The summed E-state index contributed by atoms with van der Waals surface area (Å²) >= 11 is 5.38. The minimum atomic E-state index is -0.205. The van der Waals surface area contributed by atoms with Gasteiger partial charge in [-0.05, 0) is 23.8 Å². The molecular weight excluding hydrogens is 324 g/mol. The smallest absolute Gasteiger partial charge is 0.268 e. The van der Waals surface area contributed by atoms with Gasteiger partial charge in [0.1, 0.15) is 6.33 Å². The lowest BCUT2D eigenvalue weighted by molar-refractivity contribution is 0.790. The van der Waals surface area contributed by atoms with Crippen LogP contribution in [0.2, 0.25) is 0 Å². The highest BCUT2D eigenvalue weighted by Crippen LogP contribution is 2.27. The third kappa shape index (κ3) is 1.68. The van der Waals surface area contributed by atoms with Crippen LogP contribution in [0.25, 0.3) is 16.7 Å². The van der Waals surface area contributed by atoms with E-state index in [1.165, 1.54) is 17.1 Å². The van der Waals surface area contributed by atoms with Gasteiger partial charge in [-0.15, -0.1) is 0 Å². The van der Waals surface area contributed by atoms with Gasteiger partial charge in [-0.3, -0.25) is 9.36 Å². The van der Waals surface area contributed by atoms with Gasteiger partial charge in [0.25, 0.3) is 11.3 Å². The fourth-order valence-electron chi connectivity index (χ4n) is 3.13. The molecule has 0 radical (unpaired) electrons. The molecule has 116 valence electrons. The maximum atomic E-state index is 12.9. The lowest BCUT2D eigenvalue weighted by atomic mass is 10.0. The second-order valence-corrected chi connectivity index (χ2v) is 5.92. The molecule has 0 amide bonds. The molecule has 0 saturated heterocycles. The van der Waals surface area contributed by atoms with Crippen molar-refractivity contribution in [3.8, 4) is 0 Å². The van der Waals surface area contributed by atoms with Crippen molar-refractivity contribution >= 4 is 34.0 Å². The van der Waals surface area contributed by atoms with Gasteiger partial charge in [-0.1, -0.05) is 30.3 Å². The van der Waals surface area contributed by atoms with Crippen LogP contribution in [0.4, 0.5) is 0 Å². The number of hydrogen-bond acceptors (Lipinski definition) is 5. The summed E-state index contributed by atoms with van der Waals surface area (Å²) in [6.07, 6.45) is 2.94. The predicted molar refractivity (Wildman–Crippen MR) is 92.0 cm³/mol. The fraction of sp³-hybridized carbons (Fsp3) is 0.0625. The van der Waals surface area contributed by atoms with E-state index in [1.54, 1.807) is 4.52 Å². The van der Waals surface area contributed by atoms with Gasteiger partial charge in [0.2, 0.25) is 0 Å². The second kappa shape index (κ2) is 4.68. The Balaban J connectivity index is 1.88. The Bertz CT molecular complexity index is 1180. The molecule has 0 unspecified atom stereocenters. The molecular formula is C16H10N6OS. The van der Waals surface area contributed by atoms with Gasteiger partial charge in [0, 0.05) is 6.20 Å². The summed E-state index contributed by atoms with van der Waals surface area (Å²) in [4.78, 5) is 21.2. The summed E-state index contributed by atoms with van der Waals surface area (Å²) in [5.74, 6) is 0.455. The van der Waals surface area contributed by atoms with Crippen LogP contribution in [-0.4, -0.2) is 29.3 Å². The summed E-state index contributed by atoms with van der Waals surface area (Å²) in [5.41, 5.74) is 2.28. The number of nitrogens with one attached hydrogen (secondary N) is 1. The first-order valence-electron chi connectivity index (χ1n) is 7.34. The number of benzene rings is 1. The van der Waals surface area contributed by atoms with Crippen LogP contribution < -0.4 is 10.9 Å². The van der Waals surface area contributed by atoms with Gasteiger partial charge in [-0.25, -0.2) is 4.98 Å². The van der Waals surface area contributed by atoms with E-state index in [2.05, 4.69) is 20.4 Å². The number of pyridine rings is 1. The van der Waals surface area contributed by atoms with Gasteiger partial charge in [0.15, 0.2) is 5.11 Å². The van der Waals surface area contributed by atoms with Crippen molar-refractivity contribution < 1.29 is 0 Å². The standard InChI is InChI=1S/C16H10N6OS/c23-14-10-7-17-15-18-8-19-22(15)11(10)6-12-13(20-16(24)21(12)14)9-4-2-1-3-5-9/h1-8,13H,(H,20,24)/t13-/m0/s1. The SMILES string of the molecule is O=c1c2cnc3ncnn3c2cc2n1C(=S)N[C@H]2c1ccccc1. The molecule has 7 nitrogen and oxygen atoms in total. The molecule has 4 heterocycles. The van der Waals surface area contributed by atoms with E-state index in [9.17, 15) is 4.79 Å². The zero-order chi connectivity index (χ0) is 16.3. The highest BCUT2D eigenvalue weighted by molar-refractivity contribution is 7.80. The minimum absolute atomic E-state index is 0.178. The first-order chi connectivity index (χ1) is 11.7. The van der Waals surface area contributed by atoms with Crippen LogP contribution >= 0.6 is 12.2 Å². The van der Waals surface area contributed by atoms with Crippen LogP contribution in [0, 0.1) is 0 Å². The third-order valence-electron chi connectivity index (χ3n) is 4.22. The van der Waals surface area contributed by atoms with E-state index in [-0.39, 0.29) is 11.6 Å². The van der Waals surface area contributed by atoms with E-state index >= 15 is 0 Å². The van der Waals surface area contributed by atoms with E-state index in [1.807, 2.05) is 36.4 Å². The van der Waals surface area contributed by atoms with Crippen molar-refractivity contribution in [1.29, 1.82) is 0 Å². The van der Waals surface area contributed by atoms with Crippen molar-refractivity contribution in [1.82, 2.24) is 29.5 Å². The molecule has 1 aromatic carbocycles. The Kier molecular flexibility index (Phi) is 2.60. The number of rotatable bonds is 1. The van der Waals surface area contributed by atoms with E-state index in [4.69, 9.17) is 12.2 Å². The van der Waals surface area contributed by atoms with Crippen molar-refractivity contribution in [2.45, 2.75) is 6.04 Å². The molecule has 0 bridgehead atoms. The first kappa shape index (κ1) is 13.3. The largest absolute Gasteiger partial charge is 0.349 e. The Labute approximate surface area is 140 Å². The van der Waals surface area contributed by atoms with Crippen LogP contribution in [0.5, 0.6) is 0 Å². The fourth-order valence-corrected chi connectivity index (χ4v) is 3.43. The molecule has 1 N–H and O–H groups in total. The first-order valence-corrected chi connectivity index (χ1v) is 7.75. The third-order valence-corrected chi connectivity index (χ3v) is 4.52. The molecule has 0 spiro atoms. The van der Waals surface area contributed by atoms with E-state index < -0.39 is 0 Å². The number of aromatic nitrogens is 5. The van der Waals surface area contributed by atoms with Gasteiger partial charge >= 0.3 is 0 Å². The Morgan fingerprint density at radius 3 is 2.83 bits per heavy atom. The quantitative estimate of drug-likeness (QED) is 0.528. The van der Waals surface area contributed by atoms with Gasteiger partial charge in [0.05, 0.1) is 22.6 Å². The van der Waals surface area contributed by atoms with Crippen LogP contribution in [0.3, 0.4) is 0 Å². The number of hydrogen-bond donors (Lipinski definition) is 1. The number of fused-ring (bicyclic) bond motifs is 4. The molecule has 24 heavy (non-hydrogen) atoms. The molecule has 0 saturated carbocycles. The minimum Gasteiger partial charge on any atom is -0.349 e. The predicted octanol–water partition coefficient (Wildman–Crippen LogP) is 1.26. The zero-order valence-corrected chi connectivity index (χ0v) is 13.1. The summed E-state index contributed by atoms with van der Waals surface area (Å²) < 4.78 is 3.10. The highest BCUT2D eigenvalue weighted by Gasteiger charge is 2.29. The summed E-state index contributed by atoms with van der Waals surface area (Å²) in [6, 6.07) is 11.6. The highest BCUT2D eigenvalue weighted by atomic mass is 32.1. The van der Waals surface area contributed by atoms with E-state index in [0.717, 1.165) is 11.3 Å². The maximum Gasteiger partial charge on any atom is 0.268 e. The van der Waals surface area contributed by atoms with Crippen molar-refractivity contribution in [2.24, 2.45) is 0 Å². The molecule has 8 heteroatoms. The zero-order valence-electron chi connectivity index (χ0n) is 12.2. The molecule has 0 aliphatic carbocycles. The second-order valence-electron chi connectivity index (χ2n) is 5.53. The summed E-state index contributed by atoms with van der Waals surface area (Å²) in [6.45, 7) is 0. The summed E-state index contributed by atoms with van der Waals surface area (Å²) in [5, 5.41) is 8.24. The van der Waals surface area contributed by atoms with Gasteiger partial charge < -0.3 is 5.32 Å². The van der Waals surface area contributed by atoms with Crippen molar-refractivity contribution in [2.75, 3.05) is 0 Å². The Morgan fingerprint density at radius 2 is 2.00 bits per heavy atom. The Morgan fingerprint density at radius 1 is 1.17 bits per heavy atom. The van der Waals surface area contributed by atoms with Crippen molar-refractivity contribution in [3.63, 3.8) is 0 Å². The molecule has 5 rings (SSSR count). The topological polar surface area (TPSA) is 77.1 Å². The molecule has 1 atom stereocenters. The summed E-state index contributed by atoms with van der Waals surface area (Å²) in [7, 11) is 0. The lowest BCUT2D eigenvalue weighted by Gasteiger charge is -2.12. The van der Waals surface area contributed by atoms with Crippen LogP contribution in [0.1, 0.15) is 17.3 Å². The normalized spacial score (nSPS) is 16.5. The average molecular weight is 334 g/mol. The van der Waals surface area contributed by atoms with Crippen LogP contribution in [-0.2, 0) is 0 Å².